The number of pyridine rings is 1. The number of carbonyl (C=O) groups excluding carboxylic acids is 1. The van der Waals surface area contributed by atoms with Crippen LogP contribution >= 0.6 is 0 Å². The summed E-state index contributed by atoms with van der Waals surface area (Å²) >= 11 is 0. The molecule has 104 valence electrons. The molecule has 2 atom stereocenters. The number of nitrogens with one attached hydrogen (secondary N) is 2. The van der Waals surface area contributed by atoms with E-state index >= 15 is 0 Å². The predicted octanol–water partition coefficient (Wildman–Crippen LogP) is 2.18. The lowest BCUT2D eigenvalue weighted by atomic mass is 9.85. The van der Waals surface area contributed by atoms with Gasteiger partial charge in [0.1, 0.15) is 5.82 Å². The van der Waals surface area contributed by atoms with E-state index in [0.717, 1.165) is 13.1 Å². The number of anilines is 1. The lowest BCUT2D eigenvalue weighted by Crippen LogP contribution is -2.34. The third-order valence-electron chi connectivity index (χ3n) is 3.63. The number of aromatic nitrogens is 1. The maximum Gasteiger partial charge on any atom is 0.225 e. The highest BCUT2D eigenvalue weighted by Crippen LogP contribution is 2.22. The lowest BCUT2D eigenvalue weighted by Gasteiger charge is -2.27. The number of hydrogen-bond donors (Lipinski definition) is 2. The molecule has 0 aromatic carbocycles. The fourth-order valence-corrected chi connectivity index (χ4v) is 2.50. The molecule has 1 amide bonds. The Bertz CT molecular complexity index is 432. The first-order valence-corrected chi connectivity index (χ1v) is 6.78. The number of hydrogen-bond acceptors (Lipinski definition) is 3. The van der Waals surface area contributed by atoms with Crippen LogP contribution in [0.1, 0.15) is 26.2 Å². The SMILES string of the molecule is CC(CC(=O)Nc1cccc(F)n1)C1CCCNC1. The number of halogens is 1. The molecular formula is C14H20FN3O. The number of piperidine rings is 1. The molecule has 0 bridgehead atoms. The summed E-state index contributed by atoms with van der Waals surface area (Å²) in [5, 5.41) is 5.99. The van der Waals surface area contributed by atoms with Crippen molar-refractivity contribution >= 4 is 11.7 Å². The van der Waals surface area contributed by atoms with Gasteiger partial charge >= 0.3 is 0 Å². The Morgan fingerprint density at radius 3 is 3.16 bits per heavy atom. The van der Waals surface area contributed by atoms with Gasteiger partial charge in [0.2, 0.25) is 11.9 Å². The molecule has 2 N–H and O–H groups in total. The van der Waals surface area contributed by atoms with Crippen LogP contribution in [0.2, 0.25) is 0 Å². The molecule has 1 fully saturated rings. The van der Waals surface area contributed by atoms with E-state index in [-0.39, 0.29) is 11.7 Å². The summed E-state index contributed by atoms with van der Waals surface area (Å²) in [6, 6.07) is 4.38. The van der Waals surface area contributed by atoms with Crippen molar-refractivity contribution in [2.75, 3.05) is 18.4 Å². The van der Waals surface area contributed by atoms with Crippen molar-refractivity contribution in [1.82, 2.24) is 10.3 Å². The summed E-state index contributed by atoms with van der Waals surface area (Å²) in [5.41, 5.74) is 0. The minimum atomic E-state index is -0.581. The quantitative estimate of drug-likeness (QED) is 0.820. The van der Waals surface area contributed by atoms with Crippen molar-refractivity contribution < 1.29 is 9.18 Å². The van der Waals surface area contributed by atoms with E-state index < -0.39 is 5.95 Å². The minimum absolute atomic E-state index is 0.101. The molecule has 2 rings (SSSR count). The van der Waals surface area contributed by atoms with E-state index in [1.54, 1.807) is 6.07 Å². The summed E-state index contributed by atoms with van der Waals surface area (Å²) < 4.78 is 12.9. The van der Waals surface area contributed by atoms with Gasteiger partial charge in [0.25, 0.3) is 0 Å². The first-order valence-electron chi connectivity index (χ1n) is 6.78. The van der Waals surface area contributed by atoms with Gasteiger partial charge < -0.3 is 10.6 Å². The van der Waals surface area contributed by atoms with E-state index in [1.165, 1.54) is 25.0 Å². The van der Waals surface area contributed by atoms with Crippen LogP contribution in [0.5, 0.6) is 0 Å². The second kappa shape index (κ2) is 6.61. The van der Waals surface area contributed by atoms with Gasteiger partial charge in [0.05, 0.1) is 0 Å². The maximum absolute atomic E-state index is 12.9. The molecule has 1 aliphatic heterocycles. The van der Waals surface area contributed by atoms with Crippen LogP contribution in [0.25, 0.3) is 0 Å². The van der Waals surface area contributed by atoms with E-state index in [0.29, 0.717) is 18.3 Å². The average molecular weight is 265 g/mol. The predicted molar refractivity (Wildman–Crippen MR) is 72.2 cm³/mol. The molecule has 19 heavy (non-hydrogen) atoms. The Morgan fingerprint density at radius 1 is 1.63 bits per heavy atom. The molecule has 1 aromatic heterocycles. The summed E-state index contributed by atoms with van der Waals surface area (Å²) in [5.74, 6) is 0.457. The van der Waals surface area contributed by atoms with Crippen LogP contribution in [-0.2, 0) is 4.79 Å². The molecule has 1 aliphatic rings. The zero-order valence-electron chi connectivity index (χ0n) is 11.2. The summed E-state index contributed by atoms with van der Waals surface area (Å²) in [6.07, 6.45) is 2.78. The monoisotopic (exact) mass is 265 g/mol. The van der Waals surface area contributed by atoms with Crippen molar-refractivity contribution in [3.63, 3.8) is 0 Å². The van der Waals surface area contributed by atoms with E-state index in [4.69, 9.17) is 0 Å². The van der Waals surface area contributed by atoms with Crippen LogP contribution < -0.4 is 10.6 Å². The summed E-state index contributed by atoms with van der Waals surface area (Å²) in [6.45, 7) is 4.14. The van der Waals surface area contributed by atoms with Gasteiger partial charge in [-0.1, -0.05) is 13.0 Å². The largest absolute Gasteiger partial charge is 0.316 e. The van der Waals surface area contributed by atoms with Gasteiger partial charge in [-0.05, 0) is 49.9 Å². The topological polar surface area (TPSA) is 54.0 Å². The lowest BCUT2D eigenvalue weighted by molar-refractivity contribution is -0.117. The fraction of sp³-hybridized carbons (Fsp3) is 0.571. The van der Waals surface area contributed by atoms with Crippen LogP contribution in [0.15, 0.2) is 18.2 Å². The molecule has 4 nitrogen and oxygen atoms in total. The maximum atomic E-state index is 12.9. The van der Waals surface area contributed by atoms with Gasteiger partial charge in [-0.25, -0.2) is 4.98 Å². The summed E-state index contributed by atoms with van der Waals surface area (Å²) in [4.78, 5) is 15.5. The van der Waals surface area contributed by atoms with Crippen LogP contribution in [0.4, 0.5) is 10.2 Å². The van der Waals surface area contributed by atoms with Gasteiger partial charge in [-0.2, -0.15) is 4.39 Å². The van der Waals surface area contributed by atoms with Gasteiger partial charge in [0, 0.05) is 6.42 Å². The average Bonchev–Trinajstić information content (AvgIpc) is 2.39. The smallest absolute Gasteiger partial charge is 0.225 e. The van der Waals surface area contributed by atoms with Crippen LogP contribution in [-0.4, -0.2) is 24.0 Å². The normalized spacial score (nSPS) is 20.8. The number of amides is 1. The molecule has 0 aliphatic carbocycles. The van der Waals surface area contributed by atoms with Crippen LogP contribution in [0.3, 0.4) is 0 Å². The molecular weight excluding hydrogens is 245 g/mol. The highest BCUT2D eigenvalue weighted by Gasteiger charge is 2.22. The van der Waals surface area contributed by atoms with Gasteiger partial charge in [0.15, 0.2) is 0 Å². The Kier molecular flexibility index (Phi) is 4.85. The first-order chi connectivity index (χ1) is 9.15. The zero-order chi connectivity index (χ0) is 13.7. The highest BCUT2D eigenvalue weighted by atomic mass is 19.1. The molecule has 5 heteroatoms. The van der Waals surface area contributed by atoms with Crippen molar-refractivity contribution in [1.29, 1.82) is 0 Å². The van der Waals surface area contributed by atoms with Crippen molar-refractivity contribution in [2.45, 2.75) is 26.2 Å². The first kappa shape index (κ1) is 13.9. The Hall–Kier alpha value is -1.49. The highest BCUT2D eigenvalue weighted by molar-refractivity contribution is 5.89. The molecule has 0 spiro atoms. The third-order valence-corrected chi connectivity index (χ3v) is 3.63. The second-order valence-corrected chi connectivity index (χ2v) is 5.18. The van der Waals surface area contributed by atoms with Crippen molar-refractivity contribution in [3.05, 3.63) is 24.1 Å². The molecule has 2 unspecified atom stereocenters. The second-order valence-electron chi connectivity index (χ2n) is 5.18. The summed E-state index contributed by atoms with van der Waals surface area (Å²) in [7, 11) is 0. The number of nitrogens with zero attached hydrogens (tertiary/aromatic N) is 1. The minimum Gasteiger partial charge on any atom is -0.316 e. The van der Waals surface area contributed by atoms with Crippen molar-refractivity contribution in [2.24, 2.45) is 11.8 Å². The molecule has 2 heterocycles. The third kappa shape index (κ3) is 4.28. The van der Waals surface area contributed by atoms with E-state index in [1.807, 2.05) is 0 Å². The fourth-order valence-electron chi connectivity index (χ4n) is 2.50. The Labute approximate surface area is 112 Å². The van der Waals surface area contributed by atoms with E-state index in [2.05, 4.69) is 22.5 Å². The molecule has 1 saturated heterocycles. The zero-order valence-corrected chi connectivity index (χ0v) is 11.2. The molecule has 0 radical (unpaired) electrons. The van der Waals surface area contributed by atoms with Gasteiger partial charge in [-0.3, -0.25) is 4.79 Å². The number of carbonyl (C=O) groups is 1. The van der Waals surface area contributed by atoms with Crippen molar-refractivity contribution in [3.8, 4) is 0 Å². The standard InChI is InChI=1S/C14H20FN3O/c1-10(11-4-3-7-16-9-11)8-14(19)18-13-6-2-5-12(15)17-13/h2,5-6,10-11,16H,3-4,7-9H2,1H3,(H,17,18,19). The number of rotatable bonds is 4. The van der Waals surface area contributed by atoms with Crippen LogP contribution in [0, 0.1) is 17.8 Å². The molecule has 1 aromatic rings. The Morgan fingerprint density at radius 2 is 2.47 bits per heavy atom. The van der Waals surface area contributed by atoms with Gasteiger partial charge in [-0.15, -0.1) is 0 Å². The molecule has 0 saturated carbocycles. The van der Waals surface area contributed by atoms with E-state index in [9.17, 15) is 9.18 Å². The Balaban J connectivity index is 1.83.